The molecule has 0 amide bonds. The van der Waals surface area contributed by atoms with Crippen LogP contribution in [0.3, 0.4) is 0 Å². The molecule has 1 saturated heterocycles. The predicted molar refractivity (Wildman–Crippen MR) is 117 cm³/mol. The van der Waals surface area contributed by atoms with Crippen LogP contribution >= 0.6 is 12.2 Å². The van der Waals surface area contributed by atoms with E-state index in [1.807, 2.05) is 12.3 Å². The first-order valence-electron chi connectivity index (χ1n) is 10.4. The first-order chi connectivity index (χ1) is 13.6. The second kappa shape index (κ2) is 8.62. The van der Waals surface area contributed by atoms with Crippen LogP contribution in [0.15, 0.2) is 42.9 Å². The zero-order valence-electron chi connectivity index (χ0n) is 16.9. The Bertz CT molecular complexity index is 781. The molecule has 1 saturated carbocycles. The van der Waals surface area contributed by atoms with E-state index in [9.17, 15) is 0 Å². The summed E-state index contributed by atoms with van der Waals surface area (Å²) in [6, 6.07) is 9.31. The first kappa shape index (κ1) is 19.4. The molecule has 0 radical (unpaired) electrons. The van der Waals surface area contributed by atoms with Gasteiger partial charge in [0, 0.05) is 37.7 Å². The molecule has 5 nitrogen and oxygen atoms in total. The van der Waals surface area contributed by atoms with Crippen LogP contribution in [0.5, 0.6) is 0 Å². The van der Waals surface area contributed by atoms with E-state index in [1.54, 1.807) is 0 Å². The van der Waals surface area contributed by atoms with Gasteiger partial charge in [-0.2, -0.15) is 0 Å². The van der Waals surface area contributed by atoms with E-state index in [0.717, 1.165) is 23.9 Å². The van der Waals surface area contributed by atoms with Crippen LogP contribution < -0.4 is 5.32 Å². The third-order valence-electron chi connectivity index (χ3n) is 6.06. The Hall–Kier alpha value is -1.92. The molecule has 1 aliphatic carbocycles. The van der Waals surface area contributed by atoms with Crippen molar-refractivity contribution in [3.8, 4) is 0 Å². The first-order valence-corrected chi connectivity index (χ1v) is 10.8. The van der Waals surface area contributed by atoms with E-state index in [1.165, 1.54) is 37.7 Å². The minimum absolute atomic E-state index is 0.0815. The third-order valence-corrected chi connectivity index (χ3v) is 6.41. The molecule has 150 valence electrons. The standard InChI is InChI=1S/C22H31N5S/c1-25(2)14-15-27-21(20(24-22(27)28)19-10-6-7-12-23-19)17-11-13-26(16-17)18-8-4-3-5-9-18/h6-7,10-13,16,18,20-21H,3-5,8-9,14-15H2,1-2H3,(H,24,28)/t20-,21-/m0/s1. The maximum Gasteiger partial charge on any atom is 0.170 e. The van der Waals surface area contributed by atoms with Crippen LogP contribution in [-0.4, -0.2) is 51.6 Å². The minimum atomic E-state index is 0.0815. The zero-order valence-corrected chi connectivity index (χ0v) is 17.7. The van der Waals surface area contributed by atoms with Crippen molar-refractivity contribution in [2.24, 2.45) is 0 Å². The van der Waals surface area contributed by atoms with Crippen molar-refractivity contribution in [1.82, 2.24) is 24.7 Å². The van der Waals surface area contributed by atoms with Gasteiger partial charge in [-0.1, -0.05) is 25.3 Å². The number of nitrogens with zero attached hydrogens (tertiary/aromatic N) is 4. The van der Waals surface area contributed by atoms with Crippen LogP contribution in [0.2, 0.25) is 0 Å². The average molecular weight is 398 g/mol. The average Bonchev–Trinajstić information content (AvgIpc) is 3.32. The molecule has 6 heteroatoms. The quantitative estimate of drug-likeness (QED) is 0.748. The summed E-state index contributed by atoms with van der Waals surface area (Å²) in [6.07, 6.45) is 13.2. The van der Waals surface area contributed by atoms with Crippen molar-refractivity contribution in [1.29, 1.82) is 0 Å². The van der Waals surface area contributed by atoms with E-state index in [0.29, 0.717) is 6.04 Å². The summed E-state index contributed by atoms with van der Waals surface area (Å²) in [5.74, 6) is 0. The van der Waals surface area contributed by atoms with Gasteiger partial charge in [0.25, 0.3) is 0 Å². The van der Waals surface area contributed by atoms with Crippen molar-refractivity contribution in [3.63, 3.8) is 0 Å². The van der Waals surface area contributed by atoms with E-state index in [4.69, 9.17) is 12.2 Å². The number of rotatable bonds is 6. The van der Waals surface area contributed by atoms with Crippen LogP contribution in [0.4, 0.5) is 0 Å². The fourth-order valence-electron chi connectivity index (χ4n) is 4.53. The molecule has 2 fully saturated rings. The maximum atomic E-state index is 5.74. The molecule has 2 aromatic rings. The highest BCUT2D eigenvalue weighted by atomic mass is 32.1. The van der Waals surface area contributed by atoms with Gasteiger partial charge in [-0.05, 0) is 62.9 Å². The second-order valence-electron chi connectivity index (χ2n) is 8.31. The number of hydrogen-bond acceptors (Lipinski definition) is 3. The summed E-state index contributed by atoms with van der Waals surface area (Å²) in [5, 5.41) is 4.38. The van der Waals surface area contributed by atoms with Gasteiger partial charge in [-0.3, -0.25) is 4.98 Å². The van der Waals surface area contributed by atoms with Crippen molar-refractivity contribution in [2.75, 3.05) is 27.2 Å². The number of thiocarbonyl (C=S) groups is 1. The number of aromatic nitrogens is 2. The summed E-state index contributed by atoms with van der Waals surface area (Å²) >= 11 is 5.74. The Labute approximate surface area is 173 Å². The lowest BCUT2D eigenvalue weighted by Crippen LogP contribution is -2.35. The molecule has 0 unspecified atom stereocenters. The van der Waals surface area contributed by atoms with Gasteiger partial charge in [0.05, 0.1) is 17.8 Å². The molecule has 3 heterocycles. The topological polar surface area (TPSA) is 36.3 Å². The Kier molecular flexibility index (Phi) is 5.97. The smallest absolute Gasteiger partial charge is 0.170 e. The maximum absolute atomic E-state index is 5.74. The second-order valence-corrected chi connectivity index (χ2v) is 8.69. The number of nitrogens with one attached hydrogen (secondary N) is 1. The lowest BCUT2D eigenvalue weighted by molar-refractivity contribution is 0.277. The van der Waals surface area contributed by atoms with Crippen molar-refractivity contribution < 1.29 is 0 Å². The molecule has 4 rings (SSSR count). The Balaban J connectivity index is 1.63. The summed E-state index contributed by atoms with van der Waals surface area (Å²) in [5.41, 5.74) is 2.37. The van der Waals surface area contributed by atoms with Crippen LogP contribution in [0, 0.1) is 0 Å². The van der Waals surface area contributed by atoms with Crippen molar-refractivity contribution in [3.05, 3.63) is 54.1 Å². The molecule has 2 aromatic heterocycles. The zero-order chi connectivity index (χ0) is 19.5. The molecule has 2 atom stereocenters. The number of hydrogen-bond donors (Lipinski definition) is 1. The number of likely N-dealkylation sites (N-methyl/N-ethyl adjacent to an activating group) is 1. The highest BCUT2D eigenvalue weighted by Gasteiger charge is 2.40. The number of pyridine rings is 1. The largest absolute Gasteiger partial charge is 0.352 e. The third kappa shape index (κ3) is 4.08. The molecule has 0 aromatic carbocycles. The predicted octanol–water partition coefficient (Wildman–Crippen LogP) is 3.92. The fraction of sp³-hybridized carbons (Fsp3) is 0.545. The monoisotopic (exact) mass is 397 g/mol. The fourth-order valence-corrected chi connectivity index (χ4v) is 4.86. The highest BCUT2D eigenvalue weighted by molar-refractivity contribution is 7.80. The normalized spacial score (nSPS) is 23.4. The molecule has 2 aliphatic rings. The van der Waals surface area contributed by atoms with Crippen molar-refractivity contribution in [2.45, 2.75) is 50.2 Å². The van der Waals surface area contributed by atoms with E-state index in [2.05, 4.69) is 69.4 Å². The SMILES string of the molecule is CN(C)CCN1C(=S)N[C@@H](c2ccccn2)[C@@H]1c1ccn(C2CCCCC2)c1. The molecule has 1 aliphatic heterocycles. The van der Waals surface area contributed by atoms with Gasteiger partial charge in [-0.15, -0.1) is 0 Å². The lowest BCUT2D eigenvalue weighted by Gasteiger charge is -2.28. The summed E-state index contributed by atoms with van der Waals surface area (Å²) in [6.45, 7) is 1.87. The molecule has 0 spiro atoms. The Morgan fingerprint density at radius 1 is 1.18 bits per heavy atom. The van der Waals surface area contributed by atoms with Crippen LogP contribution in [-0.2, 0) is 0 Å². The van der Waals surface area contributed by atoms with Crippen LogP contribution in [0.1, 0.15) is 61.5 Å². The molecular weight excluding hydrogens is 366 g/mol. The van der Waals surface area contributed by atoms with Gasteiger partial charge >= 0.3 is 0 Å². The van der Waals surface area contributed by atoms with Gasteiger partial charge in [-0.25, -0.2) is 0 Å². The van der Waals surface area contributed by atoms with Gasteiger partial charge in [0.15, 0.2) is 5.11 Å². The van der Waals surface area contributed by atoms with Gasteiger partial charge in [0.2, 0.25) is 0 Å². The van der Waals surface area contributed by atoms with Crippen molar-refractivity contribution >= 4 is 17.3 Å². The molecule has 28 heavy (non-hydrogen) atoms. The highest BCUT2D eigenvalue weighted by Crippen LogP contribution is 2.39. The Morgan fingerprint density at radius 2 is 2.00 bits per heavy atom. The van der Waals surface area contributed by atoms with Gasteiger partial charge < -0.3 is 19.7 Å². The molecular formula is C22H31N5S. The molecule has 1 N–H and O–H groups in total. The summed E-state index contributed by atoms with van der Waals surface area (Å²) < 4.78 is 2.44. The lowest BCUT2D eigenvalue weighted by atomic mass is 9.95. The van der Waals surface area contributed by atoms with E-state index in [-0.39, 0.29) is 12.1 Å². The van der Waals surface area contributed by atoms with E-state index >= 15 is 0 Å². The minimum Gasteiger partial charge on any atom is -0.352 e. The summed E-state index contributed by atoms with van der Waals surface area (Å²) in [7, 11) is 4.22. The van der Waals surface area contributed by atoms with Gasteiger partial charge in [0.1, 0.15) is 0 Å². The molecule has 0 bridgehead atoms. The van der Waals surface area contributed by atoms with Crippen LogP contribution in [0.25, 0.3) is 0 Å². The Morgan fingerprint density at radius 3 is 2.71 bits per heavy atom. The summed E-state index contributed by atoms with van der Waals surface area (Å²) in [4.78, 5) is 9.18. The van der Waals surface area contributed by atoms with E-state index < -0.39 is 0 Å².